The molecule has 2 amide bonds. The largest absolute Gasteiger partial charge is 0.332 e. The molecule has 1 saturated heterocycles. The number of nitrogens with zero attached hydrogens (tertiary/aromatic N) is 3. The fourth-order valence-electron chi connectivity index (χ4n) is 2.86. The predicted molar refractivity (Wildman–Crippen MR) is 92.3 cm³/mol. The van der Waals surface area contributed by atoms with E-state index in [2.05, 4.69) is 39.0 Å². The average molecular weight is 348 g/mol. The van der Waals surface area contributed by atoms with Crippen molar-refractivity contribution in [3.63, 3.8) is 0 Å². The summed E-state index contributed by atoms with van der Waals surface area (Å²) in [4.78, 5) is 20.3. The maximum absolute atomic E-state index is 13.5. The topological polar surface area (TPSA) is 48.5 Å². The Balaban J connectivity index is 1.47. The molecule has 128 valence electrons. The maximum Gasteiger partial charge on any atom is 0.317 e. The molecular weight excluding hydrogens is 327 g/mol. The first-order valence-corrected chi connectivity index (χ1v) is 8.97. The van der Waals surface area contributed by atoms with Crippen LogP contribution in [0.5, 0.6) is 0 Å². The third-order valence-electron chi connectivity index (χ3n) is 4.42. The standard InChI is InChI=1S/C17H21FN4OS/c1-13(14-4-10-24-12-14)21-6-8-22(9-7-21)17(23)20-11-16-15(18)3-2-5-19-16/h2-5,10,12-13H,6-9,11H2,1H3,(H,20,23). The van der Waals surface area contributed by atoms with Gasteiger partial charge in [-0.05, 0) is 41.4 Å². The van der Waals surface area contributed by atoms with Crippen LogP contribution in [-0.4, -0.2) is 47.0 Å². The van der Waals surface area contributed by atoms with E-state index in [0.717, 1.165) is 13.1 Å². The molecule has 1 aliphatic rings. The highest BCUT2D eigenvalue weighted by atomic mass is 32.1. The summed E-state index contributed by atoms with van der Waals surface area (Å²) < 4.78 is 13.5. The Bertz CT molecular complexity index is 671. The molecule has 1 N–H and O–H groups in total. The maximum atomic E-state index is 13.5. The molecule has 2 aromatic heterocycles. The Morgan fingerprint density at radius 2 is 2.17 bits per heavy atom. The molecule has 1 unspecified atom stereocenters. The van der Waals surface area contributed by atoms with E-state index in [4.69, 9.17) is 0 Å². The molecule has 3 heterocycles. The number of aromatic nitrogens is 1. The van der Waals surface area contributed by atoms with E-state index in [9.17, 15) is 9.18 Å². The van der Waals surface area contributed by atoms with Crippen molar-refractivity contribution in [2.24, 2.45) is 0 Å². The lowest BCUT2D eigenvalue weighted by molar-refractivity contribution is 0.114. The van der Waals surface area contributed by atoms with Gasteiger partial charge in [0.25, 0.3) is 0 Å². The van der Waals surface area contributed by atoms with Gasteiger partial charge < -0.3 is 10.2 Å². The lowest BCUT2D eigenvalue weighted by Crippen LogP contribution is -2.52. The van der Waals surface area contributed by atoms with Gasteiger partial charge in [-0.1, -0.05) is 0 Å². The van der Waals surface area contributed by atoms with Gasteiger partial charge in [0.1, 0.15) is 5.82 Å². The molecule has 1 aliphatic heterocycles. The molecule has 5 nitrogen and oxygen atoms in total. The SMILES string of the molecule is CC(c1ccsc1)N1CCN(C(=O)NCc2ncccc2F)CC1. The summed E-state index contributed by atoms with van der Waals surface area (Å²) in [7, 11) is 0. The normalized spacial score (nSPS) is 16.8. The van der Waals surface area contributed by atoms with Crippen molar-refractivity contribution in [2.75, 3.05) is 26.2 Å². The number of hydrogen-bond acceptors (Lipinski definition) is 4. The minimum absolute atomic E-state index is 0.108. The van der Waals surface area contributed by atoms with Crippen LogP contribution in [0.1, 0.15) is 24.2 Å². The van der Waals surface area contributed by atoms with Crippen LogP contribution in [0.4, 0.5) is 9.18 Å². The van der Waals surface area contributed by atoms with Gasteiger partial charge in [-0.2, -0.15) is 11.3 Å². The molecule has 0 spiro atoms. The monoisotopic (exact) mass is 348 g/mol. The third kappa shape index (κ3) is 3.91. The molecule has 0 aromatic carbocycles. The van der Waals surface area contributed by atoms with E-state index >= 15 is 0 Å². The van der Waals surface area contributed by atoms with Crippen molar-refractivity contribution in [2.45, 2.75) is 19.5 Å². The number of carbonyl (C=O) groups is 1. The second kappa shape index (κ2) is 7.72. The van der Waals surface area contributed by atoms with E-state index in [1.807, 2.05) is 0 Å². The van der Waals surface area contributed by atoms with E-state index in [1.165, 1.54) is 23.9 Å². The Kier molecular flexibility index (Phi) is 5.42. The smallest absolute Gasteiger partial charge is 0.317 e. The Morgan fingerprint density at radius 3 is 2.83 bits per heavy atom. The minimum Gasteiger partial charge on any atom is -0.332 e. The van der Waals surface area contributed by atoms with E-state index in [1.54, 1.807) is 16.2 Å². The zero-order valence-electron chi connectivity index (χ0n) is 13.6. The molecule has 1 atom stereocenters. The molecule has 0 saturated carbocycles. The molecule has 7 heteroatoms. The van der Waals surface area contributed by atoms with Crippen molar-refractivity contribution in [1.29, 1.82) is 0 Å². The zero-order valence-corrected chi connectivity index (χ0v) is 14.4. The quantitative estimate of drug-likeness (QED) is 0.924. The zero-order chi connectivity index (χ0) is 16.9. The molecule has 0 aliphatic carbocycles. The highest BCUT2D eigenvalue weighted by Gasteiger charge is 2.24. The molecule has 1 fully saturated rings. The molecule has 24 heavy (non-hydrogen) atoms. The van der Waals surface area contributed by atoms with Crippen molar-refractivity contribution in [3.05, 3.63) is 52.2 Å². The number of halogens is 1. The predicted octanol–water partition coefficient (Wildman–Crippen LogP) is 2.87. The van der Waals surface area contributed by atoms with E-state index < -0.39 is 5.82 Å². The number of thiophene rings is 1. The fraction of sp³-hybridized carbons (Fsp3) is 0.412. The molecular formula is C17H21FN4OS. The van der Waals surface area contributed by atoms with Crippen LogP contribution in [0.25, 0.3) is 0 Å². The number of hydrogen-bond donors (Lipinski definition) is 1. The molecule has 0 radical (unpaired) electrons. The van der Waals surface area contributed by atoms with Gasteiger partial charge >= 0.3 is 6.03 Å². The molecule has 3 rings (SSSR count). The van der Waals surface area contributed by atoms with Gasteiger partial charge in [0.05, 0.1) is 12.2 Å². The highest BCUT2D eigenvalue weighted by Crippen LogP contribution is 2.23. The van der Waals surface area contributed by atoms with Crippen molar-refractivity contribution >= 4 is 17.4 Å². The van der Waals surface area contributed by atoms with Crippen LogP contribution in [0.3, 0.4) is 0 Å². The summed E-state index contributed by atoms with van der Waals surface area (Å²) in [6, 6.07) is 5.23. The number of piperazine rings is 1. The van der Waals surface area contributed by atoms with E-state index in [0.29, 0.717) is 19.1 Å². The van der Waals surface area contributed by atoms with Crippen LogP contribution >= 0.6 is 11.3 Å². The Morgan fingerprint density at radius 1 is 1.38 bits per heavy atom. The van der Waals surface area contributed by atoms with Crippen LogP contribution in [-0.2, 0) is 6.54 Å². The van der Waals surface area contributed by atoms with Gasteiger partial charge in [-0.3, -0.25) is 9.88 Å². The first-order chi connectivity index (χ1) is 11.6. The van der Waals surface area contributed by atoms with Crippen LogP contribution in [0, 0.1) is 5.82 Å². The van der Waals surface area contributed by atoms with Crippen molar-refractivity contribution < 1.29 is 9.18 Å². The fourth-order valence-corrected chi connectivity index (χ4v) is 3.60. The van der Waals surface area contributed by atoms with Gasteiger partial charge in [0.2, 0.25) is 0 Å². The summed E-state index contributed by atoms with van der Waals surface area (Å²) >= 11 is 1.71. The first kappa shape index (κ1) is 16.9. The van der Waals surface area contributed by atoms with Gasteiger partial charge in [0, 0.05) is 38.4 Å². The summed E-state index contributed by atoms with van der Waals surface area (Å²) in [5, 5.41) is 7.01. The van der Waals surface area contributed by atoms with Crippen molar-refractivity contribution in [3.8, 4) is 0 Å². The summed E-state index contributed by atoms with van der Waals surface area (Å²) in [6.07, 6.45) is 1.52. The van der Waals surface area contributed by atoms with Gasteiger partial charge in [-0.15, -0.1) is 0 Å². The first-order valence-electron chi connectivity index (χ1n) is 8.03. The minimum atomic E-state index is -0.396. The number of nitrogens with one attached hydrogen (secondary N) is 1. The average Bonchev–Trinajstić information content (AvgIpc) is 3.15. The Labute approximate surface area is 145 Å². The summed E-state index contributed by atoms with van der Waals surface area (Å²) in [5.74, 6) is -0.396. The lowest BCUT2D eigenvalue weighted by Gasteiger charge is -2.37. The van der Waals surface area contributed by atoms with Gasteiger partial charge in [0.15, 0.2) is 0 Å². The number of carbonyl (C=O) groups excluding carboxylic acids is 1. The number of amides is 2. The second-order valence-electron chi connectivity index (χ2n) is 5.85. The van der Waals surface area contributed by atoms with Crippen LogP contribution in [0.2, 0.25) is 0 Å². The number of urea groups is 1. The Hall–Kier alpha value is -1.99. The second-order valence-corrected chi connectivity index (χ2v) is 6.63. The van der Waals surface area contributed by atoms with Gasteiger partial charge in [-0.25, -0.2) is 9.18 Å². The number of rotatable bonds is 4. The molecule has 0 bridgehead atoms. The van der Waals surface area contributed by atoms with E-state index in [-0.39, 0.29) is 18.3 Å². The van der Waals surface area contributed by atoms with Crippen molar-refractivity contribution in [1.82, 2.24) is 20.1 Å². The van der Waals surface area contributed by atoms with Crippen LogP contribution < -0.4 is 5.32 Å². The third-order valence-corrected chi connectivity index (χ3v) is 5.12. The number of pyridine rings is 1. The highest BCUT2D eigenvalue weighted by molar-refractivity contribution is 7.07. The summed E-state index contributed by atoms with van der Waals surface area (Å²) in [6.45, 7) is 5.32. The molecule has 2 aromatic rings. The lowest BCUT2D eigenvalue weighted by atomic mass is 10.1. The van der Waals surface area contributed by atoms with Crippen LogP contribution in [0.15, 0.2) is 35.2 Å². The summed E-state index contributed by atoms with van der Waals surface area (Å²) in [5.41, 5.74) is 1.58.